The average molecular weight is 284 g/mol. The van der Waals surface area contributed by atoms with Crippen LogP contribution in [-0.4, -0.2) is 4.57 Å². The molecular formula is C18H24N2O. The molecule has 0 aliphatic carbocycles. The highest BCUT2D eigenvalue weighted by molar-refractivity contribution is 5.37. The third-order valence-electron chi connectivity index (χ3n) is 3.94. The van der Waals surface area contributed by atoms with E-state index in [9.17, 15) is 4.79 Å². The molecule has 0 amide bonds. The Bertz CT molecular complexity index is 696. The van der Waals surface area contributed by atoms with Crippen LogP contribution in [0.1, 0.15) is 53.9 Å². The van der Waals surface area contributed by atoms with Crippen molar-refractivity contribution >= 4 is 0 Å². The molecule has 0 bridgehead atoms. The predicted octanol–water partition coefficient (Wildman–Crippen LogP) is 3.40. The molecular weight excluding hydrogens is 260 g/mol. The lowest BCUT2D eigenvalue weighted by Gasteiger charge is -2.21. The van der Waals surface area contributed by atoms with Crippen LogP contribution in [0.3, 0.4) is 0 Å². The summed E-state index contributed by atoms with van der Waals surface area (Å²) in [4.78, 5) is 12.8. The molecule has 3 heteroatoms. The minimum absolute atomic E-state index is 0.0237. The molecule has 1 aromatic carbocycles. The van der Waals surface area contributed by atoms with Gasteiger partial charge in [0.2, 0.25) is 0 Å². The summed E-state index contributed by atoms with van der Waals surface area (Å²) in [5, 5.41) is 0. The van der Waals surface area contributed by atoms with E-state index in [0.29, 0.717) is 5.56 Å². The first kappa shape index (κ1) is 15.5. The van der Waals surface area contributed by atoms with Gasteiger partial charge >= 0.3 is 0 Å². The number of aryl methyl sites for hydroxylation is 3. The van der Waals surface area contributed by atoms with Crippen molar-refractivity contribution < 1.29 is 0 Å². The fourth-order valence-corrected chi connectivity index (χ4v) is 2.88. The van der Waals surface area contributed by atoms with Crippen LogP contribution in [0.15, 0.2) is 35.1 Å². The van der Waals surface area contributed by atoms with E-state index in [1.54, 1.807) is 0 Å². The first-order chi connectivity index (χ1) is 9.82. The first-order valence-electron chi connectivity index (χ1n) is 7.37. The van der Waals surface area contributed by atoms with Crippen LogP contribution in [0.2, 0.25) is 0 Å². The molecule has 1 atom stereocenters. The highest BCUT2D eigenvalue weighted by Gasteiger charge is 2.19. The summed E-state index contributed by atoms with van der Waals surface area (Å²) in [5.74, 6) is 0. The molecule has 0 aliphatic rings. The summed E-state index contributed by atoms with van der Waals surface area (Å²) in [7, 11) is 0. The molecule has 0 fully saturated rings. The van der Waals surface area contributed by atoms with Gasteiger partial charge in [-0.1, -0.05) is 29.8 Å². The Morgan fingerprint density at radius 1 is 1.05 bits per heavy atom. The molecule has 0 radical (unpaired) electrons. The van der Waals surface area contributed by atoms with E-state index in [0.717, 1.165) is 16.8 Å². The van der Waals surface area contributed by atoms with E-state index in [4.69, 9.17) is 5.73 Å². The van der Waals surface area contributed by atoms with Gasteiger partial charge in [0, 0.05) is 17.3 Å². The van der Waals surface area contributed by atoms with E-state index in [2.05, 4.69) is 0 Å². The fourth-order valence-electron chi connectivity index (χ4n) is 2.88. The van der Waals surface area contributed by atoms with E-state index in [1.807, 2.05) is 69.5 Å². The number of rotatable bonds is 3. The number of hydrogen-bond donors (Lipinski definition) is 1. The normalized spacial score (nSPS) is 12.7. The van der Waals surface area contributed by atoms with Crippen LogP contribution < -0.4 is 11.3 Å². The lowest BCUT2D eigenvalue weighted by atomic mass is 9.95. The largest absolute Gasteiger partial charge is 0.320 e. The van der Waals surface area contributed by atoms with Crippen LogP contribution in [-0.2, 0) is 0 Å². The minimum Gasteiger partial charge on any atom is -0.320 e. The number of nitrogens with zero attached hydrogens (tertiary/aromatic N) is 1. The molecule has 2 aromatic rings. The van der Waals surface area contributed by atoms with Gasteiger partial charge in [-0.05, 0) is 51.8 Å². The summed E-state index contributed by atoms with van der Waals surface area (Å²) < 4.78 is 1.82. The van der Waals surface area contributed by atoms with Crippen molar-refractivity contribution in [2.24, 2.45) is 5.73 Å². The second-order valence-electron chi connectivity index (χ2n) is 6.04. The van der Waals surface area contributed by atoms with Crippen molar-refractivity contribution in [1.82, 2.24) is 4.57 Å². The van der Waals surface area contributed by atoms with Gasteiger partial charge in [-0.15, -0.1) is 0 Å². The van der Waals surface area contributed by atoms with Crippen LogP contribution in [0, 0.1) is 20.8 Å². The Morgan fingerprint density at radius 3 is 2.14 bits per heavy atom. The average Bonchev–Trinajstić information content (AvgIpc) is 2.38. The van der Waals surface area contributed by atoms with Gasteiger partial charge in [-0.2, -0.15) is 0 Å². The topological polar surface area (TPSA) is 48.0 Å². The van der Waals surface area contributed by atoms with E-state index >= 15 is 0 Å². The SMILES string of the molecule is Cc1ccc(C(N)c2c(C)cc(C)n(C(C)C)c2=O)cc1. The molecule has 1 aromatic heterocycles. The molecule has 112 valence electrons. The van der Waals surface area contributed by atoms with Gasteiger partial charge < -0.3 is 10.3 Å². The molecule has 1 unspecified atom stereocenters. The monoisotopic (exact) mass is 284 g/mol. The highest BCUT2D eigenvalue weighted by Crippen LogP contribution is 2.22. The molecule has 1 heterocycles. The lowest BCUT2D eigenvalue weighted by Crippen LogP contribution is -2.32. The predicted molar refractivity (Wildman–Crippen MR) is 87.8 cm³/mol. The zero-order valence-electron chi connectivity index (χ0n) is 13.5. The first-order valence-corrected chi connectivity index (χ1v) is 7.37. The zero-order chi connectivity index (χ0) is 15.7. The van der Waals surface area contributed by atoms with Gasteiger partial charge in [-0.25, -0.2) is 0 Å². The maximum absolute atomic E-state index is 12.8. The van der Waals surface area contributed by atoms with Crippen molar-refractivity contribution in [3.63, 3.8) is 0 Å². The smallest absolute Gasteiger partial charge is 0.256 e. The zero-order valence-corrected chi connectivity index (χ0v) is 13.5. The molecule has 3 nitrogen and oxygen atoms in total. The van der Waals surface area contributed by atoms with Gasteiger partial charge in [0.05, 0.1) is 6.04 Å². The molecule has 0 spiro atoms. The number of aromatic nitrogens is 1. The van der Waals surface area contributed by atoms with Crippen molar-refractivity contribution in [3.05, 3.63) is 68.6 Å². The molecule has 0 aliphatic heterocycles. The Morgan fingerprint density at radius 2 is 1.62 bits per heavy atom. The maximum atomic E-state index is 12.8. The van der Waals surface area contributed by atoms with Gasteiger partial charge in [0.25, 0.3) is 5.56 Å². The number of benzene rings is 1. The minimum atomic E-state index is -0.385. The van der Waals surface area contributed by atoms with Crippen molar-refractivity contribution in [2.75, 3.05) is 0 Å². The van der Waals surface area contributed by atoms with Crippen LogP contribution >= 0.6 is 0 Å². The Hall–Kier alpha value is -1.87. The van der Waals surface area contributed by atoms with Crippen LogP contribution in [0.5, 0.6) is 0 Å². The number of nitrogens with two attached hydrogens (primary N) is 1. The standard InChI is InChI=1S/C18H24N2O/c1-11(2)20-14(5)10-13(4)16(18(20)21)17(19)15-8-6-12(3)7-9-15/h6-11,17H,19H2,1-5H3. The third kappa shape index (κ3) is 2.93. The van der Waals surface area contributed by atoms with Crippen LogP contribution in [0.25, 0.3) is 0 Å². The molecule has 21 heavy (non-hydrogen) atoms. The summed E-state index contributed by atoms with van der Waals surface area (Å²) in [6.07, 6.45) is 0. The molecule has 2 rings (SSSR count). The fraction of sp³-hybridized carbons (Fsp3) is 0.389. The second kappa shape index (κ2) is 5.86. The van der Waals surface area contributed by atoms with Crippen molar-refractivity contribution in [1.29, 1.82) is 0 Å². The summed E-state index contributed by atoms with van der Waals surface area (Å²) in [5.41, 5.74) is 11.2. The third-order valence-corrected chi connectivity index (χ3v) is 3.94. The Labute approximate surface area is 126 Å². The van der Waals surface area contributed by atoms with Crippen LogP contribution in [0.4, 0.5) is 0 Å². The summed E-state index contributed by atoms with van der Waals surface area (Å²) in [6.45, 7) is 10.0. The molecule has 0 saturated carbocycles. The van der Waals surface area contributed by atoms with Gasteiger partial charge in [0.15, 0.2) is 0 Å². The summed E-state index contributed by atoms with van der Waals surface area (Å²) >= 11 is 0. The maximum Gasteiger partial charge on any atom is 0.256 e. The second-order valence-corrected chi connectivity index (χ2v) is 6.04. The van der Waals surface area contributed by atoms with Gasteiger partial charge in [-0.3, -0.25) is 4.79 Å². The molecule has 0 saturated heterocycles. The van der Waals surface area contributed by atoms with Crippen molar-refractivity contribution in [2.45, 2.75) is 46.7 Å². The van der Waals surface area contributed by atoms with Crippen molar-refractivity contribution in [3.8, 4) is 0 Å². The highest BCUT2D eigenvalue weighted by atomic mass is 16.1. The Kier molecular flexibility index (Phi) is 4.33. The number of pyridine rings is 1. The van der Waals surface area contributed by atoms with E-state index in [-0.39, 0.29) is 17.6 Å². The van der Waals surface area contributed by atoms with Gasteiger partial charge in [0.1, 0.15) is 0 Å². The number of hydrogen-bond acceptors (Lipinski definition) is 2. The molecule has 2 N–H and O–H groups in total. The van der Waals surface area contributed by atoms with E-state index in [1.165, 1.54) is 5.56 Å². The summed E-state index contributed by atoms with van der Waals surface area (Å²) in [6, 6.07) is 9.84. The van der Waals surface area contributed by atoms with E-state index < -0.39 is 0 Å². The lowest BCUT2D eigenvalue weighted by molar-refractivity contribution is 0.553. The quantitative estimate of drug-likeness (QED) is 0.939. The Balaban J connectivity index is 2.60.